The third kappa shape index (κ3) is 7.38. The van der Waals surface area contributed by atoms with E-state index < -0.39 is 5.97 Å². The van der Waals surface area contributed by atoms with Crippen LogP contribution < -0.4 is 10.1 Å². The number of unbranched alkanes of at least 4 members (excludes halogenated alkanes) is 5. The van der Waals surface area contributed by atoms with E-state index in [1.165, 1.54) is 44.1 Å². The summed E-state index contributed by atoms with van der Waals surface area (Å²) in [6.45, 7) is 3.96. The molecule has 0 aliphatic heterocycles. The van der Waals surface area contributed by atoms with Gasteiger partial charge in [0.05, 0.1) is 5.69 Å². The molecule has 0 saturated carbocycles. The highest BCUT2D eigenvalue weighted by molar-refractivity contribution is 7.16. The van der Waals surface area contributed by atoms with Crippen molar-refractivity contribution in [2.45, 2.75) is 58.8 Å². The summed E-state index contributed by atoms with van der Waals surface area (Å²) in [5.74, 6) is -0.459. The molecule has 0 spiro atoms. The van der Waals surface area contributed by atoms with Gasteiger partial charge in [0, 0.05) is 16.1 Å². The number of carbonyl (C=O) groups is 1. The van der Waals surface area contributed by atoms with Gasteiger partial charge in [-0.05, 0) is 61.7 Å². The van der Waals surface area contributed by atoms with E-state index in [4.69, 9.17) is 14.8 Å². The van der Waals surface area contributed by atoms with Gasteiger partial charge >= 0.3 is 5.97 Å². The fraction of sp³-hybridized carbons (Fsp3) is 0.385. The van der Waals surface area contributed by atoms with Crippen LogP contribution in [0.15, 0.2) is 48.5 Å². The molecule has 2 aromatic carbocycles. The number of rotatable bonds is 13. The van der Waals surface area contributed by atoms with E-state index in [1.54, 1.807) is 23.5 Å². The van der Waals surface area contributed by atoms with E-state index in [9.17, 15) is 4.79 Å². The molecule has 0 radical (unpaired) electrons. The summed E-state index contributed by atoms with van der Waals surface area (Å²) in [6.07, 6.45) is 9.06. The van der Waals surface area contributed by atoms with Crippen molar-refractivity contribution < 1.29 is 14.6 Å². The first-order valence-electron chi connectivity index (χ1n) is 11.3. The summed E-state index contributed by atoms with van der Waals surface area (Å²) in [5.41, 5.74) is 4.31. The average molecular weight is 453 g/mol. The number of benzene rings is 2. The van der Waals surface area contributed by atoms with E-state index >= 15 is 0 Å². The number of hydrogen-bond acceptors (Lipinski definition) is 5. The summed E-state index contributed by atoms with van der Waals surface area (Å²) in [6, 6.07) is 16.0. The van der Waals surface area contributed by atoms with Crippen molar-refractivity contribution in [3.63, 3.8) is 0 Å². The molecule has 0 saturated heterocycles. The zero-order valence-corrected chi connectivity index (χ0v) is 19.7. The second-order valence-electron chi connectivity index (χ2n) is 7.97. The zero-order valence-electron chi connectivity index (χ0n) is 18.9. The van der Waals surface area contributed by atoms with Crippen LogP contribution in [0.2, 0.25) is 0 Å². The van der Waals surface area contributed by atoms with Crippen molar-refractivity contribution in [1.82, 2.24) is 4.98 Å². The highest BCUT2D eigenvalue weighted by Crippen LogP contribution is 2.32. The SMILES string of the molecule is CCCCCCCCc1ccc(Nc2nc(-c3ccc(OCC(=O)O)cc3)c(C)s2)cc1. The van der Waals surface area contributed by atoms with Crippen LogP contribution in [0.1, 0.15) is 55.9 Å². The predicted molar refractivity (Wildman–Crippen MR) is 132 cm³/mol. The Morgan fingerprint density at radius 3 is 2.38 bits per heavy atom. The standard InChI is InChI=1S/C26H32N2O3S/c1-3-4-5-6-7-8-9-20-10-14-22(15-11-20)27-26-28-25(19(2)32-26)21-12-16-23(17-13-21)31-18-24(29)30/h10-17H,3-9,18H2,1-2H3,(H,27,28)(H,29,30). The molecule has 6 heteroatoms. The van der Waals surface area contributed by atoms with Gasteiger partial charge in [0.2, 0.25) is 0 Å². The number of carboxylic acid groups (broad SMARTS) is 1. The predicted octanol–water partition coefficient (Wildman–Crippen LogP) is 7.23. The molecule has 0 unspecified atom stereocenters. The number of hydrogen-bond donors (Lipinski definition) is 2. The van der Waals surface area contributed by atoms with Crippen molar-refractivity contribution in [2.75, 3.05) is 11.9 Å². The summed E-state index contributed by atoms with van der Waals surface area (Å²) >= 11 is 1.62. The smallest absolute Gasteiger partial charge is 0.341 e. The molecule has 5 nitrogen and oxygen atoms in total. The van der Waals surface area contributed by atoms with Crippen LogP contribution in [0.3, 0.4) is 0 Å². The molecule has 0 aliphatic carbocycles. The molecule has 1 aromatic heterocycles. The summed E-state index contributed by atoms with van der Waals surface area (Å²) in [7, 11) is 0. The van der Waals surface area contributed by atoms with Gasteiger partial charge in [-0.3, -0.25) is 0 Å². The Morgan fingerprint density at radius 2 is 1.69 bits per heavy atom. The Kier molecular flexibility index (Phi) is 9.11. The lowest BCUT2D eigenvalue weighted by molar-refractivity contribution is -0.139. The first-order valence-corrected chi connectivity index (χ1v) is 12.1. The van der Waals surface area contributed by atoms with Crippen molar-refractivity contribution in [3.05, 3.63) is 59.0 Å². The van der Waals surface area contributed by atoms with Crippen molar-refractivity contribution in [2.24, 2.45) is 0 Å². The maximum Gasteiger partial charge on any atom is 0.341 e. The number of anilines is 2. The number of nitrogens with zero attached hydrogens (tertiary/aromatic N) is 1. The van der Waals surface area contributed by atoms with Crippen LogP contribution >= 0.6 is 11.3 Å². The molecule has 0 bridgehead atoms. The van der Waals surface area contributed by atoms with Gasteiger partial charge in [0.15, 0.2) is 11.7 Å². The molecule has 0 atom stereocenters. The number of aryl methyl sites for hydroxylation is 2. The molecule has 1 heterocycles. The van der Waals surface area contributed by atoms with Crippen LogP contribution in [0, 0.1) is 6.92 Å². The lowest BCUT2D eigenvalue weighted by atomic mass is 10.0. The quantitative estimate of drug-likeness (QED) is 0.268. The van der Waals surface area contributed by atoms with E-state index in [1.807, 2.05) is 12.1 Å². The molecule has 170 valence electrons. The number of ether oxygens (including phenoxy) is 1. The van der Waals surface area contributed by atoms with Gasteiger partial charge in [-0.15, -0.1) is 11.3 Å². The van der Waals surface area contributed by atoms with Gasteiger partial charge < -0.3 is 15.2 Å². The number of nitrogens with one attached hydrogen (secondary N) is 1. The third-order valence-corrected chi connectivity index (χ3v) is 6.20. The van der Waals surface area contributed by atoms with Crippen LogP contribution in [0.4, 0.5) is 10.8 Å². The van der Waals surface area contributed by atoms with Crippen LogP contribution in [0.25, 0.3) is 11.3 Å². The minimum absolute atomic E-state index is 0.346. The average Bonchev–Trinajstić information content (AvgIpc) is 3.16. The molecule has 32 heavy (non-hydrogen) atoms. The molecule has 0 amide bonds. The molecular formula is C26H32N2O3S. The van der Waals surface area contributed by atoms with Crippen LogP contribution in [0.5, 0.6) is 5.75 Å². The topological polar surface area (TPSA) is 71.5 Å². The molecule has 3 rings (SSSR count). The summed E-state index contributed by atoms with van der Waals surface area (Å²) < 4.78 is 5.20. The Labute approximate surface area is 194 Å². The molecule has 3 aromatic rings. The highest BCUT2D eigenvalue weighted by atomic mass is 32.1. The lowest BCUT2D eigenvalue weighted by Gasteiger charge is -2.06. The number of thiazole rings is 1. The Bertz CT molecular complexity index is 981. The van der Waals surface area contributed by atoms with E-state index in [0.717, 1.165) is 33.4 Å². The molecule has 2 N–H and O–H groups in total. The zero-order chi connectivity index (χ0) is 22.8. The molecule has 0 aliphatic rings. The van der Waals surface area contributed by atoms with Crippen LogP contribution in [-0.4, -0.2) is 22.7 Å². The molecule has 0 fully saturated rings. The maximum atomic E-state index is 10.6. The van der Waals surface area contributed by atoms with Crippen LogP contribution in [-0.2, 0) is 11.2 Å². The van der Waals surface area contributed by atoms with Gasteiger partial charge in [-0.25, -0.2) is 9.78 Å². The van der Waals surface area contributed by atoms with E-state index in [0.29, 0.717) is 5.75 Å². The number of aliphatic carboxylic acids is 1. The Hall–Kier alpha value is -2.86. The van der Waals surface area contributed by atoms with Crippen molar-refractivity contribution in [3.8, 4) is 17.0 Å². The van der Waals surface area contributed by atoms with Crippen molar-refractivity contribution in [1.29, 1.82) is 0 Å². The normalized spacial score (nSPS) is 10.8. The summed E-state index contributed by atoms with van der Waals surface area (Å²) in [4.78, 5) is 16.5. The largest absolute Gasteiger partial charge is 0.482 e. The van der Waals surface area contributed by atoms with E-state index in [2.05, 4.69) is 43.4 Å². The Balaban J connectivity index is 1.54. The minimum Gasteiger partial charge on any atom is -0.482 e. The Morgan fingerprint density at radius 1 is 1.00 bits per heavy atom. The fourth-order valence-corrected chi connectivity index (χ4v) is 4.42. The highest BCUT2D eigenvalue weighted by Gasteiger charge is 2.11. The minimum atomic E-state index is -0.990. The van der Waals surface area contributed by atoms with Gasteiger partial charge in [0.25, 0.3) is 0 Å². The van der Waals surface area contributed by atoms with Gasteiger partial charge in [0.1, 0.15) is 5.75 Å². The van der Waals surface area contributed by atoms with Gasteiger partial charge in [-0.2, -0.15) is 0 Å². The third-order valence-electron chi connectivity index (χ3n) is 5.31. The second-order valence-corrected chi connectivity index (χ2v) is 9.17. The maximum absolute atomic E-state index is 10.6. The summed E-state index contributed by atoms with van der Waals surface area (Å²) in [5, 5.41) is 13.0. The monoisotopic (exact) mass is 452 g/mol. The van der Waals surface area contributed by atoms with Gasteiger partial charge in [-0.1, -0.05) is 51.2 Å². The number of carboxylic acids is 1. The lowest BCUT2D eigenvalue weighted by Crippen LogP contribution is -2.09. The first-order chi connectivity index (χ1) is 15.5. The van der Waals surface area contributed by atoms with E-state index in [-0.39, 0.29) is 6.61 Å². The first kappa shape index (κ1) is 23.8. The fourth-order valence-electron chi connectivity index (χ4n) is 3.56. The molecular weight excluding hydrogens is 420 g/mol. The number of aromatic nitrogens is 1. The second kappa shape index (κ2) is 12.2. The van der Waals surface area contributed by atoms with Crippen molar-refractivity contribution >= 4 is 28.1 Å².